The lowest BCUT2D eigenvalue weighted by atomic mass is 9.92. The monoisotopic (exact) mass is 248 g/mol. The van der Waals surface area contributed by atoms with E-state index in [1.165, 1.54) is 0 Å². The van der Waals surface area contributed by atoms with Crippen molar-refractivity contribution in [1.29, 1.82) is 0 Å². The Bertz CT molecular complexity index is 247. The van der Waals surface area contributed by atoms with E-state index in [1.54, 1.807) is 0 Å². The molecule has 100 valence electrons. The topological polar surface area (TPSA) is 38.5 Å². The smallest absolute Gasteiger partial charge is 0.256 e. The van der Waals surface area contributed by atoms with Crippen molar-refractivity contribution < 1.29 is 13.5 Å². The summed E-state index contributed by atoms with van der Waals surface area (Å²) >= 11 is 0. The molecule has 0 aromatic heterocycles. The van der Waals surface area contributed by atoms with Gasteiger partial charge in [-0.25, -0.2) is 8.78 Å². The first-order valence-corrected chi connectivity index (χ1v) is 6.51. The molecule has 0 radical (unpaired) electrons. The summed E-state index contributed by atoms with van der Waals surface area (Å²) in [6, 6.07) is 0.503. The molecule has 1 atom stereocenters. The summed E-state index contributed by atoms with van der Waals surface area (Å²) in [6.07, 6.45) is 1.25. The van der Waals surface area contributed by atoms with E-state index < -0.39 is 12.0 Å². The third-order valence-corrected chi connectivity index (χ3v) is 4.09. The number of rotatable bonds is 2. The van der Waals surface area contributed by atoms with E-state index in [0.29, 0.717) is 25.4 Å². The molecule has 0 aliphatic carbocycles. The fourth-order valence-corrected chi connectivity index (χ4v) is 2.83. The zero-order valence-corrected chi connectivity index (χ0v) is 10.2. The Hall–Kier alpha value is -0.260. The van der Waals surface area contributed by atoms with Crippen LogP contribution in [0.2, 0.25) is 0 Å². The van der Waals surface area contributed by atoms with Gasteiger partial charge in [0, 0.05) is 25.8 Å². The van der Waals surface area contributed by atoms with Crippen molar-refractivity contribution in [2.24, 2.45) is 5.73 Å². The molecular formula is C12H22F2N2O. The van der Waals surface area contributed by atoms with Crippen LogP contribution in [0.4, 0.5) is 8.78 Å². The lowest BCUT2D eigenvalue weighted by Gasteiger charge is -2.34. The quantitative estimate of drug-likeness (QED) is 0.807. The van der Waals surface area contributed by atoms with Crippen molar-refractivity contribution in [1.82, 2.24) is 4.90 Å². The van der Waals surface area contributed by atoms with Gasteiger partial charge in [0.2, 0.25) is 0 Å². The summed E-state index contributed by atoms with van der Waals surface area (Å²) in [5.74, 6) is 0. The maximum absolute atomic E-state index is 12.9. The highest BCUT2D eigenvalue weighted by atomic mass is 19.3. The molecule has 2 aliphatic heterocycles. The van der Waals surface area contributed by atoms with Crippen LogP contribution < -0.4 is 5.73 Å². The Kier molecular flexibility index (Phi) is 4.33. The van der Waals surface area contributed by atoms with E-state index in [4.69, 9.17) is 10.5 Å². The Labute approximate surface area is 101 Å². The molecular weight excluding hydrogens is 226 g/mol. The predicted octanol–water partition coefficient (Wildman–Crippen LogP) is 1.61. The summed E-state index contributed by atoms with van der Waals surface area (Å²) in [5.41, 5.74) is 4.53. The third kappa shape index (κ3) is 3.14. The molecule has 3 nitrogen and oxygen atoms in total. The molecule has 0 bridgehead atoms. The first-order chi connectivity index (χ1) is 8.12. The van der Waals surface area contributed by atoms with Crippen LogP contribution in [-0.4, -0.2) is 49.2 Å². The van der Waals surface area contributed by atoms with Crippen LogP contribution in [0.5, 0.6) is 0 Å². The van der Waals surface area contributed by atoms with Gasteiger partial charge in [-0.3, -0.25) is 0 Å². The molecule has 2 rings (SSSR count). The minimum atomic E-state index is -2.41. The van der Waals surface area contributed by atoms with E-state index >= 15 is 0 Å². The normalized spacial score (nSPS) is 33.9. The fourth-order valence-electron chi connectivity index (χ4n) is 2.83. The second-order valence-electron chi connectivity index (χ2n) is 5.27. The van der Waals surface area contributed by atoms with Crippen LogP contribution in [0.25, 0.3) is 0 Å². The van der Waals surface area contributed by atoms with Gasteiger partial charge in [-0.1, -0.05) is 0 Å². The van der Waals surface area contributed by atoms with Crippen molar-refractivity contribution >= 4 is 0 Å². The van der Waals surface area contributed by atoms with Crippen LogP contribution in [0.3, 0.4) is 0 Å². The zero-order valence-electron chi connectivity index (χ0n) is 10.2. The average Bonchev–Trinajstić information content (AvgIpc) is 2.54. The molecule has 2 heterocycles. The number of alkyl halides is 2. The molecule has 0 amide bonds. The second kappa shape index (κ2) is 5.59. The summed E-state index contributed by atoms with van der Waals surface area (Å²) in [7, 11) is 0. The lowest BCUT2D eigenvalue weighted by molar-refractivity contribution is 0.0271. The van der Waals surface area contributed by atoms with E-state index in [2.05, 4.69) is 4.90 Å². The van der Waals surface area contributed by atoms with E-state index in [-0.39, 0.29) is 0 Å². The van der Waals surface area contributed by atoms with Gasteiger partial charge in [0.05, 0.1) is 5.54 Å². The standard InChI is InChI=1S/C12H22F2N2O/c13-11(14)12(15)4-1-6-16(7-5-12)10-2-8-17-9-3-10/h10-11H,1-9,15H2. The van der Waals surface area contributed by atoms with Crippen molar-refractivity contribution in [3.8, 4) is 0 Å². The van der Waals surface area contributed by atoms with Gasteiger partial charge in [0.25, 0.3) is 6.43 Å². The number of ether oxygens (including phenoxy) is 1. The van der Waals surface area contributed by atoms with Crippen molar-refractivity contribution in [3.05, 3.63) is 0 Å². The largest absolute Gasteiger partial charge is 0.381 e. The first-order valence-electron chi connectivity index (χ1n) is 6.51. The Morgan fingerprint density at radius 1 is 1.18 bits per heavy atom. The fraction of sp³-hybridized carbons (Fsp3) is 1.00. The maximum Gasteiger partial charge on any atom is 0.256 e. The Balaban J connectivity index is 1.90. The average molecular weight is 248 g/mol. The Morgan fingerprint density at radius 3 is 2.53 bits per heavy atom. The molecule has 2 saturated heterocycles. The summed E-state index contributed by atoms with van der Waals surface area (Å²) in [6.45, 7) is 3.19. The van der Waals surface area contributed by atoms with E-state index in [1.807, 2.05) is 0 Å². The van der Waals surface area contributed by atoms with Gasteiger partial charge in [-0.05, 0) is 38.6 Å². The minimum absolute atomic E-state index is 0.405. The molecule has 2 aliphatic rings. The number of hydrogen-bond acceptors (Lipinski definition) is 3. The molecule has 1 unspecified atom stereocenters. The zero-order chi connectivity index (χ0) is 12.3. The first kappa shape index (κ1) is 13.2. The number of hydrogen-bond donors (Lipinski definition) is 1. The molecule has 0 aromatic rings. The minimum Gasteiger partial charge on any atom is -0.381 e. The molecule has 17 heavy (non-hydrogen) atoms. The molecule has 0 saturated carbocycles. The van der Waals surface area contributed by atoms with Crippen LogP contribution in [0.1, 0.15) is 32.1 Å². The second-order valence-corrected chi connectivity index (χ2v) is 5.27. The predicted molar refractivity (Wildman–Crippen MR) is 62.2 cm³/mol. The van der Waals surface area contributed by atoms with E-state index in [0.717, 1.165) is 39.0 Å². The number of halogens is 2. The molecule has 2 fully saturated rings. The van der Waals surface area contributed by atoms with Crippen molar-refractivity contribution in [2.45, 2.75) is 50.1 Å². The van der Waals surface area contributed by atoms with Crippen LogP contribution in [0.15, 0.2) is 0 Å². The van der Waals surface area contributed by atoms with Crippen LogP contribution in [-0.2, 0) is 4.74 Å². The SMILES string of the molecule is NC1(C(F)F)CCCN(C2CCOCC2)CC1. The Morgan fingerprint density at radius 2 is 1.88 bits per heavy atom. The number of nitrogens with two attached hydrogens (primary N) is 1. The lowest BCUT2D eigenvalue weighted by Crippen LogP contribution is -2.48. The van der Waals surface area contributed by atoms with E-state index in [9.17, 15) is 8.78 Å². The van der Waals surface area contributed by atoms with Crippen LogP contribution >= 0.6 is 0 Å². The van der Waals surface area contributed by atoms with Gasteiger partial charge in [0.15, 0.2) is 0 Å². The van der Waals surface area contributed by atoms with Gasteiger partial charge in [0.1, 0.15) is 0 Å². The molecule has 0 spiro atoms. The van der Waals surface area contributed by atoms with Crippen molar-refractivity contribution in [2.75, 3.05) is 26.3 Å². The summed E-state index contributed by atoms with van der Waals surface area (Å²) in [5, 5.41) is 0. The van der Waals surface area contributed by atoms with Gasteiger partial charge in [-0.15, -0.1) is 0 Å². The van der Waals surface area contributed by atoms with Gasteiger partial charge < -0.3 is 15.4 Å². The summed E-state index contributed by atoms with van der Waals surface area (Å²) in [4.78, 5) is 2.33. The highest BCUT2D eigenvalue weighted by molar-refractivity contribution is 4.91. The highest BCUT2D eigenvalue weighted by Crippen LogP contribution is 2.28. The molecule has 2 N–H and O–H groups in total. The van der Waals surface area contributed by atoms with Gasteiger partial charge in [-0.2, -0.15) is 0 Å². The molecule has 0 aromatic carbocycles. The molecule has 5 heteroatoms. The highest BCUT2D eigenvalue weighted by Gasteiger charge is 2.38. The maximum atomic E-state index is 12.9. The van der Waals surface area contributed by atoms with Gasteiger partial charge >= 0.3 is 0 Å². The summed E-state index contributed by atoms with van der Waals surface area (Å²) < 4.78 is 31.1. The third-order valence-electron chi connectivity index (χ3n) is 4.09. The van der Waals surface area contributed by atoms with Crippen molar-refractivity contribution in [3.63, 3.8) is 0 Å². The van der Waals surface area contributed by atoms with Crippen LogP contribution in [0, 0.1) is 0 Å². The number of nitrogens with zero attached hydrogens (tertiary/aromatic N) is 1. The number of likely N-dealkylation sites (tertiary alicyclic amines) is 1.